The summed E-state index contributed by atoms with van der Waals surface area (Å²) in [7, 11) is 1.49. The number of carbonyl (C=O) groups is 1. The molecule has 0 aromatic heterocycles. The zero-order chi connectivity index (χ0) is 14.3. The fourth-order valence-electron chi connectivity index (χ4n) is 4.99. The molecule has 1 fully saturated rings. The Kier molecular flexibility index (Phi) is 1.84. The van der Waals surface area contributed by atoms with Crippen LogP contribution in [0, 0.1) is 5.41 Å². The fourth-order valence-corrected chi connectivity index (χ4v) is 4.99. The van der Waals surface area contributed by atoms with Crippen molar-refractivity contribution in [1.82, 2.24) is 0 Å². The molecule has 0 aliphatic heterocycles. The zero-order valence-electron chi connectivity index (χ0n) is 12.3. The third-order valence-corrected chi connectivity index (χ3v) is 6.51. The maximum atomic E-state index is 12.4. The van der Waals surface area contributed by atoms with Crippen molar-refractivity contribution in [2.24, 2.45) is 5.41 Å². The van der Waals surface area contributed by atoms with Gasteiger partial charge in [0.05, 0.1) is 12.5 Å². The van der Waals surface area contributed by atoms with Gasteiger partial charge in [0.25, 0.3) is 0 Å². The van der Waals surface area contributed by atoms with Crippen LogP contribution in [0.1, 0.15) is 31.9 Å². The van der Waals surface area contributed by atoms with E-state index in [4.69, 9.17) is 4.74 Å². The van der Waals surface area contributed by atoms with E-state index in [1.165, 1.54) is 29.0 Å². The van der Waals surface area contributed by atoms with Crippen molar-refractivity contribution in [3.05, 3.63) is 47.5 Å². The lowest BCUT2D eigenvalue weighted by Gasteiger charge is -2.21. The summed E-state index contributed by atoms with van der Waals surface area (Å²) < 4.78 is 5.12. The Morgan fingerprint density at radius 1 is 0.950 bits per heavy atom. The van der Waals surface area contributed by atoms with Crippen LogP contribution < -0.4 is 0 Å². The predicted octanol–water partition coefficient (Wildman–Crippen LogP) is 3.56. The van der Waals surface area contributed by atoms with Crippen LogP contribution in [0.25, 0.3) is 10.8 Å². The number of carbonyl (C=O) groups excluding carboxylic acids is 1. The summed E-state index contributed by atoms with van der Waals surface area (Å²) in [5.74, 6) is -0.103. The van der Waals surface area contributed by atoms with Gasteiger partial charge in [0, 0.05) is 10.8 Å². The van der Waals surface area contributed by atoms with Crippen LogP contribution >= 0.6 is 0 Å². The molecular formula is C18H18O2. The van der Waals surface area contributed by atoms with Crippen molar-refractivity contribution < 1.29 is 9.53 Å². The topological polar surface area (TPSA) is 26.3 Å². The van der Waals surface area contributed by atoms with Gasteiger partial charge in [0.2, 0.25) is 0 Å². The minimum Gasteiger partial charge on any atom is -0.469 e. The first-order chi connectivity index (χ1) is 9.44. The van der Waals surface area contributed by atoms with Crippen LogP contribution in [0.2, 0.25) is 0 Å². The van der Waals surface area contributed by atoms with Gasteiger partial charge in [-0.15, -0.1) is 0 Å². The minimum atomic E-state index is -0.475. The molecule has 20 heavy (non-hydrogen) atoms. The molecule has 2 aliphatic rings. The monoisotopic (exact) mass is 266 g/mol. The van der Waals surface area contributed by atoms with Gasteiger partial charge in [0.1, 0.15) is 0 Å². The average Bonchev–Trinajstić information content (AvgIpc) is 2.77. The molecule has 0 saturated heterocycles. The standard InChI is InChI=1S/C18H18O2/c1-16-12-9-5-7-11-8-6-10-13(14(11)12)17(16,2)18(16,3)15(19)20-4/h5-10H,1-4H3/t16-,17-/m0/s1. The highest BCUT2D eigenvalue weighted by atomic mass is 16.5. The summed E-state index contributed by atoms with van der Waals surface area (Å²) in [5, 5.41) is 2.60. The number of rotatable bonds is 1. The first-order valence-corrected chi connectivity index (χ1v) is 7.05. The molecule has 4 rings (SSSR count). The highest BCUT2D eigenvalue weighted by molar-refractivity contribution is 6.03. The highest BCUT2D eigenvalue weighted by Crippen LogP contribution is 2.83. The predicted molar refractivity (Wildman–Crippen MR) is 78.8 cm³/mol. The molecule has 0 unspecified atom stereocenters. The third-order valence-electron chi connectivity index (χ3n) is 6.51. The fraction of sp³-hybridized carbons (Fsp3) is 0.389. The van der Waals surface area contributed by atoms with Crippen LogP contribution in [0.5, 0.6) is 0 Å². The van der Waals surface area contributed by atoms with E-state index in [1.54, 1.807) is 0 Å². The largest absolute Gasteiger partial charge is 0.469 e. The van der Waals surface area contributed by atoms with Gasteiger partial charge in [-0.25, -0.2) is 0 Å². The average molecular weight is 266 g/mol. The van der Waals surface area contributed by atoms with Gasteiger partial charge in [-0.2, -0.15) is 0 Å². The van der Waals surface area contributed by atoms with Gasteiger partial charge in [-0.05, 0) is 28.8 Å². The van der Waals surface area contributed by atoms with Crippen LogP contribution in [0.3, 0.4) is 0 Å². The molecular weight excluding hydrogens is 248 g/mol. The summed E-state index contributed by atoms with van der Waals surface area (Å²) in [4.78, 5) is 12.4. The number of fused-ring (bicyclic) bond motifs is 3. The number of hydrogen-bond donors (Lipinski definition) is 0. The molecule has 0 N–H and O–H groups in total. The van der Waals surface area contributed by atoms with E-state index in [1.807, 2.05) is 6.92 Å². The number of ether oxygens (including phenoxy) is 1. The number of hydrogen-bond acceptors (Lipinski definition) is 2. The summed E-state index contributed by atoms with van der Waals surface area (Å²) in [6.45, 7) is 6.46. The van der Waals surface area contributed by atoms with E-state index >= 15 is 0 Å². The molecule has 2 heteroatoms. The molecule has 2 atom stereocenters. The van der Waals surface area contributed by atoms with Gasteiger partial charge in [0.15, 0.2) is 0 Å². The third kappa shape index (κ3) is 0.825. The second kappa shape index (κ2) is 3.08. The molecule has 0 radical (unpaired) electrons. The SMILES string of the molecule is COC(=O)C1(C)[C@@]2(C)c3cccc4cccc(c34)[C@]12C. The summed E-state index contributed by atoms with van der Waals surface area (Å²) in [6, 6.07) is 12.8. The normalized spacial score (nSPS) is 36.8. The van der Waals surface area contributed by atoms with Gasteiger partial charge in [-0.1, -0.05) is 50.2 Å². The molecule has 0 amide bonds. The zero-order valence-corrected chi connectivity index (χ0v) is 12.3. The molecule has 1 saturated carbocycles. The van der Waals surface area contributed by atoms with Crippen LogP contribution in [0.15, 0.2) is 36.4 Å². The first-order valence-electron chi connectivity index (χ1n) is 7.05. The van der Waals surface area contributed by atoms with Crippen molar-refractivity contribution in [1.29, 1.82) is 0 Å². The van der Waals surface area contributed by atoms with E-state index < -0.39 is 5.41 Å². The quantitative estimate of drug-likeness (QED) is 0.738. The van der Waals surface area contributed by atoms with Crippen molar-refractivity contribution in [2.75, 3.05) is 7.11 Å². The maximum absolute atomic E-state index is 12.4. The lowest BCUT2D eigenvalue weighted by Crippen LogP contribution is -2.26. The molecule has 2 aromatic carbocycles. The number of benzene rings is 2. The van der Waals surface area contributed by atoms with Crippen molar-refractivity contribution in [3.63, 3.8) is 0 Å². The van der Waals surface area contributed by atoms with E-state index in [-0.39, 0.29) is 16.8 Å². The highest BCUT2D eigenvalue weighted by Gasteiger charge is 2.87. The Balaban J connectivity index is 2.10. The molecule has 0 spiro atoms. The van der Waals surface area contributed by atoms with Crippen LogP contribution in [-0.4, -0.2) is 13.1 Å². The summed E-state index contributed by atoms with van der Waals surface area (Å²) in [6.07, 6.45) is 0. The molecule has 2 aliphatic carbocycles. The molecule has 0 heterocycles. The van der Waals surface area contributed by atoms with Gasteiger partial charge in [-0.3, -0.25) is 4.79 Å². The second-order valence-corrected chi connectivity index (χ2v) is 6.58. The summed E-state index contributed by atoms with van der Waals surface area (Å²) >= 11 is 0. The Labute approximate surface area is 118 Å². The number of esters is 1. The molecule has 2 aromatic rings. The maximum Gasteiger partial charge on any atom is 0.313 e. The van der Waals surface area contributed by atoms with Gasteiger partial charge < -0.3 is 4.74 Å². The van der Waals surface area contributed by atoms with Crippen molar-refractivity contribution >= 4 is 16.7 Å². The lowest BCUT2D eigenvalue weighted by molar-refractivity contribution is -0.147. The summed E-state index contributed by atoms with van der Waals surface area (Å²) in [5.41, 5.74) is 1.77. The second-order valence-electron chi connectivity index (χ2n) is 6.58. The lowest BCUT2D eigenvalue weighted by atomic mass is 9.84. The van der Waals surface area contributed by atoms with Crippen molar-refractivity contribution in [2.45, 2.75) is 31.6 Å². The van der Waals surface area contributed by atoms with Crippen LogP contribution in [-0.2, 0) is 20.4 Å². The molecule has 0 bridgehead atoms. The van der Waals surface area contributed by atoms with E-state index in [0.717, 1.165) is 0 Å². The Morgan fingerprint density at radius 3 is 1.90 bits per heavy atom. The van der Waals surface area contributed by atoms with Crippen molar-refractivity contribution in [3.8, 4) is 0 Å². The smallest absolute Gasteiger partial charge is 0.313 e. The Morgan fingerprint density at radius 2 is 1.45 bits per heavy atom. The first kappa shape index (κ1) is 12.0. The molecule has 102 valence electrons. The van der Waals surface area contributed by atoms with Gasteiger partial charge >= 0.3 is 5.97 Å². The Hall–Kier alpha value is -1.83. The molecule has 2 nitrogen and oxygen atoms in total. The minimum absolute atomic E-state index is 0.103. The van der Waals surface area contributed by atoms with E-state index in [0.29, 0.717) is 0 Å². The van der Waals surface area contributed by atoms with E-state index in [2.05, 4.69) is 50.2 Å². The van der Waals surface area contributed by atoms with Crippen LogP contribution in [0.4, 0.5) is 0 Å². The van der Waals surface area contributed by atoms with E-state index in [9.17, 15) is 4.79 Å². The number of methoxy groups -OCH3 is 1. The Bertz CT molecular complexity index is 725.